The molecule has 0 radical (unpaired) electrons. The maximum absolute atomic E-state index is 10.6. The van der Waals surface area contributed by atoms with Gasteiger partial charge in [-0.25, -0.2) is 0 Å². The fourth-order valence-electron chi connectivity index (χ4n) is 2.04. The molecule has 0 bridgehead atoms. The average molecular weight is 260 g/mol. The smallest absolute Gasteiger partial charge is 0.151 e. The lowest BCUT2D eigenvalue weighted by Crippen LogP contribution is -1.87. The minimum atomic E-state index is 0.581. The van der Waals surface area contributed by atoms with Gasteiger partial charge in [-0.3, -0.25) is 14.8 Å². The molecule has 0 saturated carbocycles. The summed E-state index contributed by atoms with van der Waals surface area (Å²) in [6.45, 7) is 0. The van der Waals surface area contributed by atoms with Gasteiger partial charge in [0, 0.05) is 35.3 Å². The molecule has 0 unspecified atom stereocenters. The van der Waals surface area contributed by atoms with Gasteiger partial charge in [-0.05, 0) is 29.8 Å². The Bertz CT molecular complexity index is 721. The van der Waals surface area contributed by atoms with Crippen molar-refractivity contribution >= 4 is 6.29 Å². The van der Waals surface area contributed by atoms with Crippen LogP contribution in [0.2, 0.25) is 0 Å². The summed E-state index contributed by atoms with van der Waals surface area (Å²) in [7, 11) is 0. The number of rotatable bonds is 3. The first-order valence-electron chi connectivity index (χ1n) is 6.29. The number of nitrogens with zero attached hydrogens (tertiary/aromatic N) is 2. The predicted molar refractivity (Wildman–Crippen MR) is 78.3 cm³/mol. The molecule has 0 aliphatic heterocycles. The second kappa shape index (κ2) is 5.45. The van der Waals surface area contributed by atoms with E-state index in [2.05, 4.69) is 16.0 Å². The third-order valence-electron chi connectivity index (χ3n) is 3.08. The molecule has 3 heteroatoms. The maximum atomic E-state index is 10.6. The van der Waals surface area contributed by atoms with Gasteiger partial charge in [-0.1, -0.05) is 24.3 Å². The number of pyridine rings is 2. The van der Waals surface area contributed by atoms with Crippen LogP contribution in [0.5, 0.6) is 0 Å². The summed E-state index contributed by atoms with van der Waals surface area (Å²) in [4.78, 5) is 19.1. The largest absolute Gasteiger partial charge is 0.298 e. The molecule has 3 rings (SSSR count). The Morgan fingerprint density at radius 2 is 1.70 bits per heavy atom. The summed E-state index contributed by atoms with van der Waals surface area (Å²) in [5, 5.41) is 0. The zero-order chi connectivity index (χ0) is 13.8. The van der Waals surface area contributed by atoms with Crippen LogP contribution in [0.4, 0.5) is 0 Å². The first-order valence-corrected chi connectivity index (χ1v) is 6.29. The lowest BCUT2D eigenvalue weighted by atomic mass is 10.0. The normalized spacial score (nSPS) is 10.2. The van der Waals surface area contributed by atoms with Gasteiger partial charge in [0.25, 0.3) is 0 Å². The number of aldehydes is 1. The van der Waals surface area contributed by atoms with Crippen LogP contribution < -0.4 is 0 Å². The van der Waals surface area contributed by atoms with Crippen molar-refractivity contribution in [3.63, 3.8) is 0 Å². The zero-order valence-corrected chi connectivity index (χ0v) is 10.7. The highest BCUT2D eigenvalue weighted by Gasteiger charge is 2.03. The number of hydrogen-bond donors (Lipinski definition) is 0. The van der Waals surface area contributed by atoms with Crippen molar-refractivity contribution in [3.05, 3.63) is 72.7 Å². The van der Waals surface area contributed by atoms with Crippen LogP contribution in [0.15, 0.2) is 67.1 Å². The first kappa shape index (κ1) is 12.2. The molecule has 0 amide bonds. The number of carbonyl (C=O) groups is 1. The summed E-state index contributed by atoms with van der Waals surface area (Å²) in [6.07, 6.45) is 5.97. The second-order valence-corrected chi connectivity index (χ2v) is 4.42. The highest BCUT2D eigenvalue weighted by molar-refractivity contribution is 5.76. The number of aromatic nitrogens is 2. The molecule has 0 atom stereocenters. The van der Waals surface area contributed by atoms with Crippen molar-refractivity contribution in [3.8, 4) is 22.4 Å². The van der Waals surface area contributed by atoms with Gasteiger partial charge in [-0.15, -0.1) is 0 Å². The van der Waals surface area contributed by atoms with Crippen LogP contribution in [0.1, 0.15) is 10.4 Å². The SMILES string of the molecule is O=Cc1ccc(-c2cccc(-c3cccnc3)c2)nc1. The number of carbonyl (C=O) groups excluding carboxylic acids is 1. The molecule has 20 heavy (non-hydrogen) atoms. The molecule has 0 saturated heterocycles. The Labute approximate surface area is 117 Å². The molecule has 2 heterocycles. The van der Waals surface area contributed by atoms with Crippen LogP contribution in [-0.2, 0) is 0 Å². The average Bonchev–Trinajstić information content (AvgIpc) is 2.56. The van der Waals surface area contributed by atoms with E-state index in [-0.39, 0.29) is 0 Å². The first-order chi connectivity index (χ1) is 9.86. The van der Waals surface area contributed by atoms with Gasteiger partial charge in [0.1, 0.15) is 0 Å². The van der Waals surface area contributed by atoms with Crippen molar-refractivity contribution in [2.24, 2.45) is 0 Å². The Kier molecular flexibility index (Phi) is 3.33. The maximum Gasteiger partial charge on any atom is 0.151 e. The Hall–Kier alpha value is -2.81. The summed E-state index contributed by atoms with van der Waals surface area (Å²) < 4.78 is 0. The van der Waals surface area contributed by atoms with Crippen molar-refractivity contribution in [1.29, 1.82) is 0 Å². The molecule has 0 aliphatic rings. The van der Waals surface area contributed by atoms with E-state index in [1.165, 1.54) is 0 Å². The van der Waals surface area contributed by atoms with E-state index < -0.39 is 0 Å². The fraction of sp³-hybridized carbons (Fsp3) is 0. The number of benzene rings is 1. The monoisotopic (exact) mass is 260 g/mol. The minimum Gasteiger partial charge on any atom is -0.298 e. The Morgan fingerprint density at radius 1 is 0.850 bits per heavy atom. The summed E-state index contributed by atoms with van der Waals surface area (Å²) in [6, 6.07) is 15.7. The van der Waals surface area contributed by atoms with Gasteiger partial charge in [0.2, 0.25) is 0 Å². The number of hydrogen-bond acceptors (Lipinski definition) is 3. The molecule has 3 nitrogen and oxygen atoms in total. The van der Waals surface area contributed by atoms with Gasteiger partial charge in [-0.2, -0.15) is 0 Å². The van der Waals surface area contributed by atoms with Gasteiger partial charge >= 0.3 is 0 Å². The van der Waals surface area contributed by atoms with Crippen molar-refractivity contribution in [1.82, 2.24) is 9.97 Å². The van der Waals surface area contributed by atoms with Gasteiger partial charge < -0.3 is 0 Å². The lowest BCUT2D eigenvalue weighted by Gasteiger charge is -2.05. The molecular formula is C17H12N2O. The van der Waals surface area contributed by atoms with Gasteiger partial charge in [0.15, 0.2) is 6.29 Å². The quantitative estimate of drug-likeness (QED) is 0.675. The molecule has 3 aromatic rings. The fourth-order valence-corrected chi connectivity index (χ4v) is 2.04. The van der Waals surface area contributed by atoms with E-state index in [1.54, 1.807) is 18.5 Å². The van der Waals surface area contributed by atoms with E-state index in [0.29, 0.717) is 5.56 Å². The van der Waals surface area contributed by atoms with Crippen molar-refractivity contribution < 1.29 is 4.79 Å². The van der Waals surface area contributed by atoms with Crippen LogP contribution in [0, 0.1) is 0 Å². The highest BCUT2D eigenvalue weighted by atomic mass is 16.1. The van der Waals surface area contributed by atoms with Crippen LogP contribution in [-0.4, -0.2) is 16.3 Å². The van der Waals surface area contributed by atoms with E-state index in [1.807, 2.05) is 42.6 Å². The Balaban J connectivity index is 2.00. The molecule has 0 aliphatic carbocycles. The topological polar surface area (TPSA) is 42.9 Å². The van der Waals surface area contributed by atoms with E-state index >= 15 is 0 Å². The molecule has 96 valence electrons. The highest BCUT2D eigenvalue weighted by Crippen LogP contribution is 2.24. The molecule has 0 fully saturated rings. The second-order valence-electron chi connectivity index (χ2n) is 4.42. The third-order valence-corrected chi connectivity index (χ3v) is 3.08. The van der Waals surface area contributed by atoms with Gasteiger partial charge in [0.05, 0.1) is 5.69 Å². The van der Waals surface area contributed by atoms with E-state index in [9.17, 15) is 4.79 Å². The zero-order valence-electron chi connectivity index (χ0n) is 10.7. The Morgan fingerprint density at radius 3 is 2.40 bits per heavy atom. The summed E-state index contributed by atoms with van der Waals surface area (Å²) >= 11 is 0. The van der Waals surface area contributed by atoms with Crippen molar-refractivity contribution in [2.45, 2.75) is 0 Å². The molecule has 1 aromatic carbocycles. The van der Waals surface area contributed by atoms with Crippen molar-refractivity contribution in [2.75, 3.05) is 0 Å². The van der Waals surface area contributed by atoms with Crippen LogP contribution in [0.25, 0.3) is 22.4 Å². The van der Waals surface area contributed by atoms with E-state index in [0.717, 1.165) is 28.7 Å². The molecule has 0 N–H and O–H groups in total. The molecule has 0 spiro atoms. The minimum absolute atomic E-state index is 0.581. The standard InChI is InChI=1S/C17H12N2O/c20-12-13-6-7-17(19-10-13)15-4-1-3-14(9-15)16-5-2-8-18-11-16/h1-12H. The van der Waals surface area contributed by atoms with Crippen LogP contribution >= 0.6 is 0 Å². The summed E-state index contributed by atoms with van der Waals surface area (Å²) in [5.74, 6) is 0. The van der Waals surface area contributed by atoms with Crippen LogP contribution in [0.3, 0.4) is 0 Å². The predicted octanol–water partition coefficient (Wildman–Crippen LogP) is 3.62. The molecular weight excluding hydrogens is 248 g/mol. The molecule has 2 aromatic heterocycles. The lowest BCUT2D eigenvalue weighted by molar-refractivity contribution is 0.112. The third kappa shape index (κ3) is 2.47. The van der Waals surface area contributed by atoms with E-state index in [4.69, 9.17) is 0 Å². The summed E-state index contributed by atoms with van der Waals surface area (Å²) in [5.41, 5.74) is 4.61.